The first-order chi connectivity index (χ1) is 8.21. The van der Waals surface area contributed by atoms with Gasteiger partial charge in [-0.1, -0.05) is 0 Å². The number of ether oxygens (including phenoxy) is 1. The van der Waals surface area contributed by atoms with Crippen molar-refractivity contribution in [2.75, 3.05) is 6.61 Å². The van der Waals surface area contributed by atoms with Crippen LogP contribution in [0, 0.1) is 11.3 Å². The van der Waals surface area contributed by atoms with Gasteiger partial charge in [-0.15, -0.1) is 0 Å². The largest absolute Gasteiger partial charge is 0.462 e. The molecule has 4 nitrogen and oxygen atoms in total. The molecule has 1 aliphatic heterocycles. The molecule has 0 aliphatic carbocycles. The summed E-state index contributed by atoms with van der Waals surface area (Å²) < 4.78 is 4.95. The molecule has 0 unspecified atom stereocenters. The Labute approximate surface area is 109 Å². The maximum Gasteiger partial charge on any atom is 0.348 e. The molecule has 4 heteroatoms. The molecule has 0 atom stereocenters. The molecule has 0 amide bonds. The van der Waals surface area contributed by atoms with Crippen LogP contribution in [-0.4, -0.2) is 23.7 Å². The number of piperidine rings is 1. The van der Waals surface area contributed by atoms with Crippen molar-refractivity contribution in [1.82, 2.24) is 0 Å². The fraction of sp³-hybridized carbons (Fsp3) is 0.714. The van der Waals surface area contributed by atoms with Gasteiger partial charge in [0.05, 0.1) is 17.7 Å². The van der Waals surface area contributed by atoms with Crippen LogP contribution in [0.25, 0.3) is 0 Å². The summed E-state index contributed by atoms with van der Waals surface area (Å²) in [5.41, 5.74) is 1.14. The third-order valence-electron chi connectivity index (χ3n) is 3.06. The number of hydrogen-bond donors (Lipinski definition) is 1. The Kier molecular flexibility index (Phi) is 4.18. The standard InChI is InChI=1S/C14H22N2O2/c1-6-18-12(17)11(9-15)10-7-13(2,3)16-14(4,5)8-10/h16H,6-8H2,1-5H3/p+1. The minimum Gasteiger partial charge on any atom is -0.462 e. The van der Waals surface area contributed by atoms with Crippen molar-refractivity contribution < 1.29 is 14.8 Å². The summed E-state index contributed by atoms with van der Waals surface area (Å²) >= 11 is 0. The molecule has 0 aromatic heterocycles. The zero-order valence-electron chi connectivity index (χ0n) is 12.0. The second kappa shape index (κ2) is 5.11. The molecular weight excluding hydrogens is 228 g/mol. The molecule has 100 valence electrons. The maximum absolute atomic E-state index is 11.8. The van der Waals surface area contributed by atoms with Crippen molar-refractivity contribution in [1.29, 1.82) is 5.26 Å². The van der Waals surface area contributed by atoms with E-state index in [2.05, 4.69) is 33.0 Å². The predicted molar refractivity (Wildman–Crippen MR) is 68.6 cm³/mol. The van der Waals surface area contributed by atoms with Crippen molar-refractivity contribution in [3.63, 3.8) is 0 Å². The number of nitriles is 1. The highest BCUT2D eigenvalue weighted by molar-refractivity contribution is 5.93. The Hall–Kier alpha value is -1.34. The minimum atomic E-state index is -0.483. The lowest BCUT2D eigenvalue weighted by atomic mass is 9.78. The quantitative estimate of drug-likeness (QED) is 0.457. The van der Waals surface area contributed by atoms with E-state index in [9.17, 15) is 10.1 Å². The Morgan fingerprint density at radius 2 is 1.83 bits per heavy atom. The van der Waals surface area contributed by atoms with Gasteiger partial charge in [-0.3, -0.25) is 0 Å². The zero-order valence-corrected chi connectivity index (χ0v) is 12.0. The summed E-state index contributed by atoms with van der Waals surface area (Å²) in [6.45, 7) is 10.6. The van der Waals surface area contributed by atoms with E-state index in [4.69, 9.17) is 4.74 Å². The first-order valence-electron chi connectivity index (χ1n) is 6.37. The number of rotatable bonds is 2. The Morgan fingerprint density at radius 1 is 1.33 bits per heavy atom. The smallest absolute Gasteiger partial charge is 0.348 e. The number of nitrogens with two attached hydrogens (primary N) is 1. The van der Waals surface area contributed by atoms with Gasteiger partial charge >= 0.3 is 5.97 Å². The molecule has 1 fully saturated rings. The molecule has 0 aromatic carbocycles. The molecule has 0 radical (unpaired) electrons. The Bertz CT molecular complexity index is 396. The van der Waals surface area contributed by atoms with Gasteiger partial charge in [0, 0.05) is 12.8 Å². The molecule has 0 saturated carbocycles. The van der Waals surface area contributed by atoms with Crippen LogP contribution < -0.4 is 5.32 Å². The average Bonchev–Trinajstić information content (AvgIpc) is 2.13. The van der Waals surface area contributed by atoms with E-state index in [1.165, 1.54) is 0 Å². The number of carbonyl (C=O) groups is 1. The second-order valence-electron chi connectivity index (χ2n) is 6.29. The number of esters is 1. The molecule has 1 saturated heterocycles. The topological polar surface area (TPSA) is 66.7 Å². The van der Waals surface area contributed by atoms with E-state index in [-0.39, 0.29) is 16.7 Å². The average molecular weight is 251 g/mol. The molecule has 0 spiro atoms. The van der Waals surface area contributed by atoms with Gasteiger partial charge in [0.25, 0.3) is 0 Å². The fourth-order valence-electron chi connectivity index (χ4n) is 2.97. The predicted octanol–water partition coefficient (Wildman–Crippen LogP) is 1.28. The lowest BCUT2D eigenvalue weighted by Gasteiger charge is -2.40. The third-order valence-corrected chi connectivity index (χ3v) is 3.06. The van der Waals surface area contributed by atoms with Crippen molar-refractivity contribution in [3.05, 3.63) is 11.1 Å². The first kappa shape index (κ1) is 14.7. The van der Waals surface area contributed by atoms with Crippen molar-refractivity contribution in [2.24, 2.45) is 0 Å². The van der Waals surface area contributed by atoms with Crippen LogP contribution in [0.15, 0.2) is 11.1 Å². The van der Waals surface area contributed by atoms with E-state index in [1.54, 1.807) is 6.92 Å². The van der Waals surface area contributed by atoms with Crippen LogP contribution in [0.2, 0.25) is 0 Å². The Balaban J connectivity index is 3.11. The molecule has 0 aromatic rings. The molecule has 2 N–H and O–H groups in total. The highest BCUT2D eigenvalue weighted by Gasteiger charge is 2.40. The highest BCUT2D eigenvalue weighted by Crippen LogP contribution is 2.29. The van der Waals surface area contributed by atoms with Crippen molar-refractivity contribution in [3.8, 4) is 6.07 Å². The van der Waals surface area contributed by atoms with Crippen molar-refractivity contribution >= 4 is 5.97 Å². The van der Waals surface area contributed by atoms with E-state index in [1.807, 2.05) is 6.07 Å². The molecular formula is C14H23N2O2+. The molecule has 18 heavy (non-hydrogen) atoms. The van der Waals surface area contributed by atoms with E-state index < -0.39 is 5.97 Å². The summed E-state index contributed by atoms with van der Waals surface area (Å²) in [7, 11) is 0. The van der Waals surface area contributed by atoms with Gasteiger partial charge in [0.1, 0.15) is 11.6 Å². The summed E-state index contributed by atoms with van der Waals surface area (Å²) in [6.07, 6.45) is 1.50. The van der Waals surface area contributed by atoms with Crippen LogP contribution >= 0.6 is 0 Å². The summed E-state index contributed by atoms with van der Waals surface area (Å²) in [6, 6.07) is 2.02. The maximum atomic E-state index is 11.8. The van der Waals surface area contributed by atoms with Gasteiger partial charge < -0.3 is 10.1 Å². The van der Waals surface area contributed by atoms with Gasteiger partial charge in [-0.25, -0.2) is 4.79 Å². The monoisotopic (exact) mass is 251 g/mol. The van der Waals surface area contributed by atoms with Gasteiger partial charge in [-0.2, -0.15) is 5.26 Å². The minimum absolute atomic E-state index is 0.00563. The zero-order chi connectivity index (χ0) is 14.0. The van der Waals surface area contributed by atoms with Crippen LogP contribution in [0.5, 0.6) is 0 Å². The Morgan fingerprint density at radius 3 is 2.22 bits per heavy atom. The van der Waals surface area contributed by atoms with Crippen LogP contribution in [0.1, 0.15) is 47.5 Å². The van der Waals surface area contributed by atoms with Crippen LogP contribution in [-0.2, 0) is 9.53 Å². The van der Waals surface area contributed by atoms with E-state index in [0.717, 1.165) is 18.4 Å². The van der Waals surface area contributed by atoms with Crippen LogP contribution in [0.3, 0.4) is 0 Å². The lowest BCUT2D eigenvalue weighted by molar-refractivity contribution is -0.783. The van der Waals surface area contributed by atoms with Crippen molar-refractivity contribution in [2.45, 2.75) is 58.5 Å². The summed E-state index contributed by atoms with van der Waals surface area (Å²) in [5, 5.41) is 11.5. The summed E-state index contributed by atoms with van der Waals surface area (Å²) in [5.74, 6) is -0.483. The van der Waals surface area contributed by atoms with E-state index >= 15 is 0 Å². The normalized spacial score (nSPS) is 21.0. The molecule has 1 heterocycles. The SMILES string of the molecule is CCOC(=O)C(C#N)=C1CC(C)(C)[NH2+]C(C)(C)C1. The first-order valence-corrected chi connectivity index (χ1v) is 6.37. The van der Waals surface area contributed by atoms with Gasteiger partial charge in [-0.05, 0) is 40.2 Å². The van der Waals surface area contributed by atoms with Gasteiger partial charge in [0.15, 0.2) is 0 Å². The molecule has 0 bridgehead atoms. The van der Waals surface area contributed by atoms with E-state index in [0.29, 0.717) is 6.61 Å². The summed E-state index contributed by atoms with van der Waals surface area (Å²) in [4.78, 5) is 11.8. The fourth-order valence-corrected chi connectivity index (χ4v) is 2.97. The van der Waals surface area contributed by atoms with Gasteiger partial charge in [0.2, 0.25) is 0 Å². The molecule has 1 rings (SSSR count). The molecule has 1 aliphatic rings. The second-order valence-corrected chi connectivity index (χ2v) is 6.29. The number of carbonyl (C=O) groups excluding carboxylic acids is 1. The number of quaternary nitrogens is 1. The number of nitrogens with zero attached hydrogens (tertiary/aromatic N) is 1. The van der Waals surface area contributed by atoms with Crippen LogP contribution in [0.4, 0.5) is 0 Å². The lowest BCUT2D eigenvalue weighted by Crippen LogP contribution is -3.05. The number of hydrogen-bond acceptors (Lipinski definition) is 3. The third kappa shape index (κ3) is 3.58. The highest BCUT2D eigenvalue weighted by atomic mass is 16.5.